The van der Waals surface area contributed by atoms with Crippen LogP contribution in [0.25, 0.3) is 0 Å². The standard InChI is InChI=1S/C21H29N5OS/c1-2-17(19-6-5-13-28-19)24-21(27)16-7-11-25(12-8-16)18-14-22-15-23-20(18)26-9-3-4-10-26/h5-6,13-17H,2-4,7-12H2,1H3,(H,24,27)/t17-/m0/s1. The number of piperidine rings is 1. The van der Waals surface area contributed by atoms with Crippen LogP contribution in [0, 0.1) is 5.92 Å². The van der Waals surface area contributed by atoms with E-state index in [9.17, 15) is 4.79 Å². The molecular formula is C21H29N5OS. The molecule has 1 N–H and O–H groups in total. The van der Waals surface area contributed by atoms with Crippen LogP contribution in [0.5, 0.6) is 0 Å². The summed E-state index contributed by atoms with van der Waals surface area (Å²) in [7, 11) is 0. The number of hydrogen-bond acceptors (Lipinski definition) is 6. The zero-order chi connectivity index (χ0) is 19.3. The van der Waals surface area contributed by atoms with Gasteiger partial charge in [-0.15, -0.1) is 11.3 Å². The Morgan fingerprint density at radius 2 is 2.04 bits per heavy atom. The summed E-state index contributed by atoms with van der Waals surface area (Å²) >= 11 is 1.71. The number of amides is 1. The van der Waals surface area contributed by atoms with Gasteiger partial charge in [0.05, 0.1) is 17.9 Å². The number of anilines is 2. The number of thiophene rings is 1. The number of aromatic nitrogens is 2. The van der Waals surface area contributed by atoms with Crippen LogP contribution in [0.4, 0.5) is 11.5 Å². The van der Waals surface area contributed by atoms with E-state index in [1.807, 2.05) is 12.3 Å². The van der Waals surface area contributed by atoms with Crippen molar-refractivity contribution in [2.45, 2.75) is 45.1 Å². The van der Waals surface area contributed by atoms with Gasteiger partial charge in [0, 0.05) is 37.0 Å². The van der Waals surface area contributed by atoms with Crippen LogP contribution in [0.1, 0.15) is 49.9 Å². The van der Waals surface area contributed by atoms with Gasteiger partial charge in [-0.1, -0.05) is 13.0 Å². The second-order valence-electron chi connectivity index (χ2n) is 7.67. The van der Waals surface area contributed by atoms with Crippen molar-refractivity contribution in [3.63, 3.8) is 0 Å². The third kappa shape index (κ3) is 4.14. The average Bonchev–Trinajstić information content (AvgIpc) is 3.46. The van der Waals surface area contributed by atoms with Crippen molar-refractivity contribution in [3.8, 4) is 0 Å². The van der Waals surface area contributed by atoms with Gasteiger partial charge < -0.3 is 15.1 Å². The maximum atomic E-state index is 12.8. The molecule has 0 aliphatic carbocycles. The van der Waals surface area contributed by atoms with Gasteiger partial charge >= 0.3 is 0 Å². The predicted molar refractivity (Wildman–Crippen MR) is 114 cm³/mol. The van der Waals surface area contributed by atoms with E-state index in [-0.39, 0.29) is 17.9 Å². The fourth-order valence-corrected chi connectivity index (χ4v) is 5.11. The van der Waals surface area contributed by atoms with Gasteiger partial charge in [0.15, 0.2) is 5.82 Å². The molecule has 0 aromatic carbocycles. The van der Waals surface area contributed by atoms with Crippen molar-refractivity contribution in [3.05, 3.63) is 34.9 Å². The Labute approximate surface area is 171 Å². The molecule has 2 saturated heterocycles. The molecule has 0 unspecified atom stereocenters. The van der Waals surface area contributed by atoms with Gasteiger partial charge in [-0.2, -0.15) is 0 Å². The number of rotatable bonds is 6. The van der Waals surface area contributed by atoms with Crippen LogP contribution in [0.15, 0.2) is 30.0 Å². The van der Waals surface area contributed by atoms with Gasteiger partial charge in [0.25, 0.3) is 0 Å². The van der Waals surface area contributed by atoms with Gasteiger partial charge in [-0.3, -0.25) is 4.79 Å². The molecule has 0 radical (unpaired) electrons. The van der Waals surface area contributed by atoms with Crippen molar-refractivity contribution < 1.29 is 4.79 Å². The topological polar surface area (TPSA) is 61.4 Å². The van der Waals surface area contributed by atoms with Gasteiger partial charge in [0.1, 0.15) is 6.33 Å². The third-order valence-electron chi connectivity index (χ3n) is 5.90. The second-order valence-corrected chi connectivity index (χ2v) is 8.65. The van der Waals surface area contributed by atoms with Crippen LogP contribution in [-0.2, 0) is 4.79 Å². The van der Waals surface area contributed by atoms with E-state index in [2.05, 4.69) is 43.5 Å². The molecule has 1 amide bonds. The Balaban J connectivity index is 1.36. The minimum atomic E-state index is 0.0881. The Morgan fingerprint density at radius 3 is 2.71 bits per heavy atom. The molecule has 28 heavy (non-hydrogen) atoms. The Hall–Kier alpha value is -2.15. The van der Waals surface area contributed by atoms with E-state index in [0.29, 0.717) is 0 Å². The van der Waals surface area contributed by atoms with Crippen LogP contribution in [-0.4, -0.2) is 42.1 Å². The molecule has 150 valence electrons. The number of nitrogens with zero attached hydrogens (tertiary/aromatic N) is 4. The van der Waals surface area contributed by atoms with E-state index in [0.717, 1.165) is 56.9 Å². The molecule has 0 spiro atoms. The zero-order valence-electron chi connectivity index (χ0n) is 16.5. The molecule has 6 nitrogen and oxygen atoms in total. The highest BCUT2D eigenvalue weighted by Crippen LogP contribution is 2.32. The molecule has 2 aliphatic heterocycles. The molecule has 2 aromatic heterocycles. The lowest BCUT2D eigenvalue weighted by molar-refractivity contribution is -0.126. The lowest BCUT2D eigenvalue weighted by Gasteiger charge is -2.35. The largest absolute Gasteiger partial charge is 0.367 e. The molecule has 0 saturated carbocycles. The summed E-state index contributed by atoms with van der Waals surface area (Å²) in [5, 5.41) is 5.34. The molecule has 2 aliphatic rings. The van der Waals surface area contributed by atoms with Crippen LogP contribution < -0.4 is 15.1 Å². The summed E-state index contributed by atoms with van der Waals surface area (Å²) in [5.41, 5.74) is 1.12. The van der Waals surface area contributed by atoms with E-state index < -0.39 is 0 Å². The zero-order valence-corrected chi connectivity index (χ0v) is 17.3. The normalized spacial score (nSPS) is 19.0. The van der Waals surface area contributed by atoms with Gasteiger partial charge in [-0.05, 0) is 43.6 Å². The average molecular weight is 400 g/mol. The SMILES string of the molecule is CC[C@H](NC(=O)C1CCN(c2cncnc2N2CCCC2)CC1)c1cccs1. The quantitative estimate of drug-likeness (QED) is 0.804. The number of nitrogens with one attached hydrogen (secondary N) is 1. The van der Waals surface area contributed by atoms with Crippen molar-refractivity contribution in [1.29, 1.82) is 0 Å². The van der Waals surface area contributed by atoms with E-state index >= 15 is 0 Å². The minimum absolute atomic E-state index is 0.0881. The molecule has 2 fully saturated rings. The summed E-state index contributed by atoms with van der Waals surface area (Å²) in [5.74, 6) is 1.34. The summed E-state index contributed by atoms with van der Waals surface area (Å²) in [4.78, 5) is 27.6. The van der Waals surface area contributed by atoms with Crippen LogP contribution in [0.3, 0.4) is 0 Å². The maximum Gasteiger partial charge on any atom is 0.223 e. The lowest BCUT2D eigenvalue weighted by atomic mass is 9.95. The fraction of sp³-hybridized carbons (Fsp3) is 0.571. The van der Waals surface area contributed by atoms with Gasteiger partial charge in [0.2, 0.25) is 5.91 Å². The number of carbonyl (C=O) groups is 1. The summed E-state index contributed by atoms with van der Waals surface area (Å²) in [6, 6.07) is 4.29. The third-order valence-corrected chi connectivity index (χ3v) is 6.88. The van der Waals surface area contributed by atoms with Crippen LogP contribution in [0.2, 0.25) is 0 Å². The molecular weight excluding hydrogens is 370 g/mol. The summed E-state index contributed by atoms with van der Waals surface area (Å²) in [6.07, 6.45) is 8.72. The highest BCUT2D eigenvalue weighted by Gasteiger charge is 2.29. The Morgan fingerprint density at radius 1 is 1.25 bits per heavy atom. The highest BCUT2D eigenvalue weighted by atomic mass is 32.1. The Bertz CT molecular complexity index is 767. The van der Waals surface area contributed by atoms with E-state index in [4.69, 9.17) is 0 Å². The molecule has 1 atom stereocenters. The lowest BCUT2D eigenvalue weighted by Crippen LogP contribution is -2.42. The second kappa shape index (κ2) is 8.90. The molecule has 7 heteroatoms. The number of hydrogen-bond donors (Lipinski definition) is 1. The first-order valence-electron chi connectivity index (χ1n) is 10.4. The van der Waals surface area contributed by atoms with Crippen LogP contribution >= 0.6 is 11.3 Å². The summed E-state index contributed by atoms with van der Waals surface area (Å²) < 4.78 is 0. The molecule has 4 heterocycles. The first kappa shape index (κ1) is 19.2. The Kier molecular flexibility index (Phi) is 6.10. The van der Waals surface area contributed by atoms with Crippen molar-refractivity contribution in [1.82, 2.24) is 15.3 Å². The first-order chi connectivity index (χ1) is 13.8. The van der Waals surface area contributed by atoms with E-state index in [1.54, 1.807) is 17.7 Å². The van der Waals surface area contributed by atoms with Crippen molar-refractivity contribution >= 4 is 28.7 Å². The smallest absolute Gasteiger partial charge is 0.223 e. The van der Waals surface area contributed by atoms with Crippen molar-refractivity contribution in [2.75, 3.05) is 36.0 Å². The minimum Gasteiger partial charge on any atom is -0.367 e. The molecule has 0 bridgehead atoms. The molecule has 2 aromatic rings. The molecule has 4 rings (SSSR count). The predicted octanol–water partition coefficient (Wildman–Crippen LogP) is 3.62. The fourth-order valence-electron chi connectivity index (χ4n) is 4.25. The van der Waals surface area contributed by atoms with Crippen molar-refractivity contribution in [2.24, 2.45) is 5.92 Å². The highest BCUT2D eigenvalue weighted by molar-refractivity contribution is 7.10. The summed E-state index contributed by atoms with van der Waals surface area (Å²) in [6.45, 7) is 6.03. The first-order valence-corrected chi connectivity index (χ1v) is 11.3. The number of carbonyl (C=O) groups excluding carboxylic acids is 1. The van der Waals surface area contributed by atoms with E-state index in [1.165, 1.54) is 17.7 Å². The van der Waals surface area contributed by atoms with Gasteiger partial charge in [-0.25, -0.2) is 9.97 Å². The maximum absolute atomic E-state index is 12.8. The monoisotopic (exact) mass is 399 g/mol.